The molecule has 0 aliphatic heterocycles. The zero-order chi connectivity index (χ0) is 18.4. The lowest BCUT2D eigenvalue weighted by Gasteiger charge is -2.11. The molecule has 1 aromatic carbocycles. The Bertz CT molecular complexity index is 872. The molecule has 0 atom stereocenters. The van der Waals surface area contributed by atoms with Crippen LogP contribution in [0.3, 0.4) is 0 Å². The van der Waals surface area contributed by atoms with E-state index in [9.17, 15) is 4.79 Å². The van der Waals surface area contributed by atoms with Crippen molar-refractivity contribution in [1.29, 1.82) is 0 Å². The number of carbonyl (C=O) groups is 1. The van der Waals surface area contributed by atoms with E-state index in [4.69, 9.17) is 0 Å². The maximum absolute atomic E-state index is 12.5. The minimum atomic E-state index is -0.199. The van der Waals surface area contributed by atoms with Gasteiger partial charge in [-0.05, 0) is 51.3 Å². The molecule has 134 valence electrons. The molecular formula is C20H23N5O. The third-order valence-electron chi connectivity index (χ3n) is 3.99. The summed E-state index contributed by atoms with van der Waals surface area (Å²) in [4.78, 5) is 23.3. The first-order valence-corrected chi connectivity index (χ1v) is 8.63. The van der Waals surface area contributed by atoms with Crippen molar-refractivity contribution in [1.82, 2.24) is 14.9 Å². The van der Waals surface area contributed by atoms with E-state index in [-0.39, 0.29) is 5.91 Å². The fraction of sp³-hybridized carbons (Fsp3) is 0.250. The lowest BCUT2D eigenvalue weighted by atomic mass is 10.2. The van der Waals surface area contributed by atoms with Crippen molar-refractivity contribution in [2.45, 2.75) is 6.42 Å². The average Bonchev–Trinajstić information content (AvgIpc) is 2.66. The second-order valence-corrected chi connectivity index (χ2v) is 6.35. The average molecular weight is 349 g/mol. The number of pyridine rings is 2. The first-order valence-electron chi connectivity index (χ1n) is 8.63. The van der Waals surface area contributed by atoms with Crippen LogP contribution in [-0.2, 0) is 0 Å². The van der Waals surface area contributed by atoms with E-state index in [0.717, 1.165) is 36.2 Å². The van der Waals surface area contributed by atoms with Crippen molar-refractivity contribution < 1.29 is 4.79 Å². The van der Waals surface area contributed by atoms with Crippen molar-refractivity contribution in [2.75, 3.05) is 37.8 Å². The maximum atomic E-state index is 12.5. The number of hydrogen-bond acceptors (Lipinski definition) is 5. The predicted molar refractivity (Wildman–Crippen MR) is 106 cm³/mol. The van der Waals surface area contributed by atoms with Gasteiger partial charge in [0.1, 0.15) is 5.82 Å². The number of para-hydroxylation sites is 1. The standard InChI is InChI=1S/C20H23N5O/c1-25(2)13-5-12-21-18-10-9-16(14-23-18)20(26)24-17-8-3-6-15-7-4-11-22-19(15)17/h3-4,6-11,14H,5,12-13H2,1-2H3,(H,21,23)(H,24,26). The topological polar surface area (TPSA) is 70.2 Å². The predicted octanol–water partition coefficient (Wildman–Crippen LogP) is 3.25. The highest BCUT2D eigenvalue weighted by Gasteiger charge is 2.09. The Balaban J connectivity index is 1.63. The molecule has 1 amide bonds. The van der Waals surface area contributed by atoms with E-state index in [2.05, 4.69) is 39.6 Å². The van der Waals surface area contributed by atoms with Crippen molar-refractivity contribution in [2.24, 2.45) is 0 Å². The zero-order valence-electron chi connectivity index (χ0n) is 15.1. The molecule has 2 N–H and O–H groups in total. The molecule has 0 saturated heterocycles. The number of rotatable bonds is 7. The van der Waals surface area contributed by atoms with Crippen LogP contribution >= 0.6 is 0 Å². The quantitative estimate of drug-likeness (QED) is 0.641. The van der Waals surface area contributed by atoms with Gasteiger partial charge in [0, 0.05) is 24.3 Å². The smallest absolute Gasteiger partial charge is 0.257 e. The molecule has 26 heavy (non-hydrogen) atoms. The van der Waals surface area contributed by atoms with Gasteiger partial charge < -0.3 is 15.5 Å². The van der Waals surface area contributed by atoms with Crippen LogP contribution in [0.2, 0.25) is 0 Å². The van der Waals surface area contributed by atoms with Crippen molar-refractivity contribution >= 4 is 28.3 Å². The molecule has 0 spiro atoms. The van der Waals surface area contributed by atoms with Gasteiger partial charge in [-0.25, -0.2) is 4.98 Å². The van der Waals surface area contributed by atoms with Crippen LogP contribution < -0.4 is 10.6 Å². The second kappa shape index (κ2) is 8.40. The van der Waals surface area contributed by atoms with Gasteiger partial charge >= 0.3 is 0 Å². The Labute approximate surface area is 153 Å². The molecule has 3 aromatic rings. The second-order valence-electron chi connectivity index (χ2n) is 6.35. The minimum Gasteiger partial charge on any atom is -0.370 e. The van der Waals surface area contributed by atoms with Crippen LogP contribution in [0.25, 0.3) is 10.9 Å². The highest BCUT2D eigenvalue weighted by atomic mass is 16.1. The summed E-state index contributed by atoms with van der Waals surface area (Å²) < 4.78 is 0. The molecule has 2 heterocycles. The number of nitrogens with zero attached hydrogens (tertiary/aromatic N) is 3. The lowest BCUT2D eigenvalue weighted by molar-refractivity contribution is 0.102. The Morgan fingerprint density at radius 2 is 1.92 bits per heavy atom. The number of hydrogen-bond donors (Lipinski definition) is 2. The minimum absolute atomic E-state index is 0.199. The highest BCUT2D eigenvalue weighted by molar-refractivity contribution is 6.08. The molecule has 0 radical (unpaired) electrons. The van der Waals surface area contributed by atoms with Gasteiger partial charge in [0.15, 0.2) is 0 Å². The van der Waals surface area contributed by atoms with Gasteiger partial charge in [0.2, 0.25) is 0 Å². The fourth-order valence-electron chi connectivity index (χ4n) is 2.64. The van der Waals surface area contributed by atoms with Gasteiger partial charge in [-0.2, -0.15) is 0 Å². The number of anilines is 2. The molecular weight excluding hydrogens is 326 g/mol. The zero-order valence-corrected chi connectivity index (χ0v) is 15.1. The van der Waals surface area contributed by atoms with Crippen LogP contribution in [0.4, 0.5) is 11.5 Å². The molecule has 0 bridgehead atoms. The lowest BCUT2D eigenvalue weighted by Crippen LogP contribution is -2.17. The summed E-state index contributed by atoms with van der Waals surface area (Å²) in [5, 5.41) is 7.17. The fourth-order valence-corrected chi connectivity index (χ4v) is 2.64. The SMILES string of the molecule is CN(C)CCCNc1ccc(C(=O)Nc2cccc3cccnc23)cn1. The van der Waals surface area contributed by atoms with Crippen LogP contribution in [-0.4, -0.2) is 48.0 Å². The Morgan fingerprint density at radius 1 is 1.08 bits per heavy atom. The Hall–Kier alpha value is -2.99. The van der Waals surface area contributed by atoms with Gasteiger partial charge in [-0.3, -0.25) is 9.78 Å². The summed E-state index contributed by atoms with van der Waals surface area (Å²) in [6.45, 7) is 1.87. The van der Waals surface area contributed by atoms with E-state index >= 15 is 0 Å². The molecule has 0 saturated carbocycles. The first-order chi connectivity index (χ1) is 12.6. The van der Waals surface area contributed by atoms with Crippen molar-refractivity contribution in [3.05, 3.63) is 60.4 Å². The summed E-state index contributed by atoms with van der Waals surface area (Å²) >= 11 is 0. The third-order valence-corrected chi connectivity index (χ3v) is 3.99. The number of carbonyl (C=O) groups excluding carboxylic acids is 1. The van der Waals surface area contributed by atoms with Crippen LogP contribution in [0, 0.1) is 0 Å². The summed E-state index contributed by atoms with van der Waals surface area (Å²) in [5.41, 5.74) is 1.98. The van der Waals surface area contributed by atoms with Gasteiger partial charge in [0.05, 0.1) is 16.8 Å². The molecule has 0 fully saturated rings. The molecule has 3 rings (SSSR count). The molecule has 0 aliphatic carbocycles. The normalized spacial score (nSPS) is 10.9. The monoisotopic (exact) mass is 349 g/mol. The molecule has 2 aromatic heterocycles. The van der Waals surface area contributed by atoms with Gasteiger partial charge in [0.25, 0.3) is 5.91 Å². The van der Waals surface area contributed by atoms with Gasteiger partial charge in [-0.1, -0.05) is 18.2 Å². The molecule has 6 nitrogen and oxygen atoms in total. The number of aromatic nitrogens is 2. The third kappa shape index (κ3) is 4.55. The van der Waals surface area contributed by atoms with Crippen LogP contribution in [0.1, 0.15) is 16.8 Å². The van der Waals surface area contributed by atoms with Crippen LogP contribution in [0.5, 0.6) is 0 Å². The number of fused-ring (bicyclic) bond motifs is 1. The summed E-state index contributed by atoms with van der Waals surface area (Å²) in [6.07, 6.45) is 4.34. The molecule has 0 aliphatic rings. The van der Waals surface area contributed by atoms with Crippen LogP contribution in [0.15, 0.2) is 54.9 Å². The molecule has 0 unspecified atom stereocenters. The molecule has 6 heteroatoms. The van der Waals surface area contributed by atoms with E-state index in [1.807, 2.05) is 36.4 Å². The number of benzene rings is 1. The van der Waals surface area contributed by atoms with E-state index < -0.39 is 0 Å². The van der Waals surface area contributed by atoms with E-state index in [1.165, 1.54) is 0 Å². The Kier molecular flexibility index (Phi) is 5.76. The summed E-state index contributed by atoms with van der Waals surface area (Å²) in [6, 6.07) is 13.2. The van der Waals surface area contributed by atoms with E-state index in [1.54, 1.807) is 18.5 Å². The Morgan fingerprint density at radius 3 is 2.69 bits per heavy atom. The van der Waals surface area contributed by atoms with Gasteiger partial charge in [-0.15, -0.1) is 0 Å². The maximum Gasteiger partial charge on any atom is 0.257 e. The summed E-state index contributed by atoms with van der Waals surface area (Å²) in [5.74, 6) is 0.571. The van der Waals surface area contributed by atoms with E-state index in [0.29, 0.717) is 11.3 Å². The number of amides is 1. The van der Waals surface area contributed by atoms with Crippen molar-refractivity contribution in [3.63, 3.8) is 0 Å². The largest absolute Gasteiger partial charge is 0.370 e. The van der Waals surface area contributed by atoms with Crippen molar-refractivity contribution in [3.8, 4) is 0 Å². The first kappa shape index (κ1) is 17.8. The summed E-state index contributed by atoms with van der Waals surface area (Å²) in [7, 11) is 4.11. The number of nitrogens with one attached hydrogen (secondary N) is 2. The highest BCUT2D eigenvalue weighted by Crippen LogP contribution is 2.21.